The van der Waals surface area contributed by atoms with Crippen LogP contribution in [0, 0.1) is 0 Å². The number of carbonyl (C=O) groups excluding carboxylic acids is 1. The molecule has 4 rings (SSSR count). The summed E-state index contributed by atoms with van der Waals surface area (Å²) >= 11 is 0. The van der Waals surface area contributed by atoms with Crippen molar-refractivity contribution in [1.29, 1.82) is 0 Å². The summed E-state index contributed by atoms with van der Waals surface area (Å²) in [7, 11) is 1.41. The molecule has 2 aromatic rings. The summed E-state index contributed by atoms with van der Waals surface area (Å²) in [6.45, 7) is 2.81. The molecule has 0 bridgehead atoms. The molecule has 2 aliphatic rings. The third kappa shape index (κ3) is 4.97. The van der Waals surface area contributed by atoms with Crippen molar-refractivity contribution in [1.82, 2.24) is 5.32 Å². The minimum Gasteiger partial charge on any atom is -0.465 e. The predicted molar refractivity (Wildman–Crippen MR) is 128 cm³/mol. The van der Waals surface area contributed by atoms with Crippen LogP contribution in [0.2, 0.25) is 0 Å². The lowest BCUT2D eigenvalue weighted by molar-refractivity contribution is 0.0601. The number of hydrogen-bond acceptors (Lipinski definition) is 4. The molecule has 1 aliphatic heterocycles. The Morgan fingerprint density at radius 2 is 1.84 bits per heavy atom. The third-order valence-electron chi connectivity index (χ3n) is 6.43. The Bertz CT molecular complexity index is 1000. The van der Waals surface area contributed by atoms with Crippen molar-refractivity contribution in [2.75, 3.05) is 7.11 Å². The Morgan fingerprint density at radius 3 is 2.62 bits per heavy atom. The van der Waals surface area contributed by atoms with Crippen LogP contribution in [0.3, 0.4) is 0 Å². The summed E-state index contributed by atoms with van der Waals surface area (Å²) in [5.74, 6) is -0.318. The summed E-state index contributed by atoms with van der Waals surface area (Å²) in [5.41, 5.74) is 7.79. The number of carbonyl (C=O) groups is 1. The molecule has 32 heavy (non-hydrogen) atoms. The number of unbranched alkanes of at least 4 members (excludes halogenated alkanes) is 1. The second kappa shape index (κ2) is 10.6. The second-order valence-electron chi connectivity index (χ2n) is 8.60. The molecule has 2 aromatic carbocycles. The van der Waals surface area contributed by atoms with Crippen molar-refractivity contribution in [3.8, 4) is 11.1 Å². The molecule has 4 heteroatoms. The zero-order valence-electron chi connectivity index (χ0n) is 19.2. The van der Waals surface area contributed by atoms with E-state index < -0.39 is 0 Å². The van der Waals surface area contributed by atoms with Gasteiger partial charge in [0.25, 0.3) is 0 Å². The lowest BCUT2D eigenvalue weighted by Crippen LogP contribution is -2.30. The fourth-order valence-corrected chi connectivity index (χ4v) is 4.64. The molecule has 1 unspecified atom stereocenters. The van der Waals surface area contributed by atoms with Gasteiger partial charge in [-0.1, -0.05) is 55.8 Å². The Kier molecular flexibility index (Phi) is 7.43. The van der Waals surface area contributed by atoms with Crippen LogP contribution < -0.4 is 5.32 Å². The van der Waals surface area contributed by atoms with Gasteiger partial charge in [0.05, 0.1) is 19.3 Å². The van der Waals surface area contributed by atoms with Crippen molar-refractivity contribution >= 4 is 5.97 Å². The molecule has 0 radical (unpaired) electrons. The topological polar surface area (TPSA) is 47.6 Å². The number of ether oxygens (including phenoxy) is 2. The molecule has 0 spiro atoms. The van der Waals surface area contributed by atoms with Crippen LogP contribution in [-0.4, -0.2) is 19.2 Å². The van der Waals surface area contributed by atoms with Gasteiger partial charge >= 0.3 is 5.97 Å². The fourth-order valence-electron chi connectivity index (χ4n) is 4.64. The normalized spacial score (nSPS) is 17.9. The minimum atomic E-state index is -0.318. The average Bonchev–Trinajstić information content (AvgIpc) is 2.86. The zero-order valence-corrected chi connectivity index (χ0v) is 19.2. The standard InChI is InChI=1S/C28H33NO3/c1-3-4-9-22-18-29-26-13-8-7-12-25(26)27(22)32-19-20-14-16-21(17-15-20)23-10-5-6-11-24(23)28(30)31-2/h5-6,10-11,14-18,27,29H,3-4,7-9,12-13,19H2,1-2H3. The number of esters is 1. The third-order valence-corrected chi connectivity index (χ3v) is 6.43. The van der Waals surface area contributed by atoms with Crippen LogP contribution in [0.1, 0.15) is 67.8 Å². The smallest absolute Gasteiger partial charge is 0.338 e. The highest BCUT2D eigenvalue weighted by molar-refractivity contribution is 5.97. The van der Waals surface area contributed by atoms with E-state index in [9.17, 15) is 4.79 Å². The van der Waals surface area contributed by atoms with Gasteiger partial charge in [0.15, 0.2) is 0 Å². The van der Waals surface area contributed by atoms with Crippen LogP contribution in [0.15, 0.2) is 71.6 Å². The molecule has 0 aromatic heterocycles. The highest BCUT2D eigenvalue weighted by atomic mass is 16.5. The van der Waals surface area contributed by atoms with Gasteiger partial charge in [-0.05, 0) is 72.4 Å². The van der Waals surface area contributed by atoms with Gasteiger partial charge in [0.1, 0.15) is 6.10 Å². The fraction of sp³-hybridized carbons (Fsp3) is 0.393. The highest BCUT2D eigenvalue weighted by Crippen LogP contribution is 2.35. The van der Waals surface area contributed by atoms with E-state index in [0.717, 1.165) is 36.0 Å². The monoisotopic (exact) mass is 431 g/mol. The maximum atomic E-state index is 12.1. The molecule has 0 fully saturated rings. The molecule has 1 N–H and O–H groups in total. The van der Waals surface area contributed by atoms with Gasteiger partial charge in [-0.15, -0.1) is 0 Å². The van der Waals surface area contributed by atoms with Gasteiger partial charge in [-0.3, -0.25) is 0 Å². The number of methoxy groups -OCH3 is 1. The van der Waals surface area contributed by atoms with Crippen LogP contribution in [0.4, 0.5) is 0 Å². The van der Waals surface area contributed by atoms with E-state index in [2.05, 4.69) is 42.7 Å². The number of hydrogen-bond donors (Lipinski definition) is 1. The average molecular weight is 432 g/mol. The minimum absolute atomic E-state index is 0.0952. The molecule has 1 heterocycles. The van der Waals surface area contributed by atoms with Crippen molar-refractivity contribution in [2.45, 2.75) is 64.6 Å². The van der Waals surface area contributed by atoms with E-state index in [1.807, 2.05) is 18.2 Å². The van der Waals surface area contributed by atoms with Gasteiger partial charge in [0.2, 0.25) is 0 Å². The van der Waals surface area contributed by atoms with Crippen molar-refractivity contribution < 1.29 is 14.3 Å². The summed E-state index contributed by atoms with van der Waals surface area (Å²) in [4.78, 5) is 12.1. The summed E-state index contributed by atoms with van der Waals surface area (Å²) in [5, 5.41) is 3.55. The number of nitrogens with one attached hydrogen (secondary N) is 1. The van der Waals surface area contributed by atoms with Crippen LogP contribution in [0.5, 0.6) is 0 Å². The first-order chi connectivity index (χ1) is 15.7. The van der Waals surface area contributed by atoms with E-state index >= 15 is 0 Å². The lowest BCUT2D eigenvalue weighted by atomic mass is 9.85. The maximum absolute atomic E-state index is 12.1. The Labute approximate surface area is 191 Å². The molecular weight excluding hydrogens is 398 g/mol. The Balaban J connectivity index is 1.49. The van der Waals surface area contributed by atoms with E-state index in [0.29, 0.717) is 12.2 Å². The molecule has 0 saturated carbocycles. The maximum Gasteiger partial charge on any atom is 0.338 e. The lowest BCUT2D eigenvalue weighted by Gasteiger charge is -2.33. The van der Waals surface area contributed by atoms with Gasteiger partial charge in [0, 0.05) is 11.9 Å². The summed E-state index contributed by atoms with van der Waals surface area (Å²) < 4.78 is 11.5. The molecule has 1 atom stereocenters. The highest BCUT2D eigenvalue weighted by Gasteiger charge is 2.28. The first-order valence-corrected chi connectivity index (χ1v) is 11.8. The second-order valence-corrected chi connectivity index (χ2v) is 8.60. The van der Waals surface area contributed by atoms with E-state index in [4.69, 9.17) is 9.47 Å². The molecule has 4 nitrogen and oxygen atoms in total. The quantitative estimate of drug-likeness (QED) is 0.483. The Hall–Kier alpha value is -2.85. The van der Waals surface area contributed by atoms with E-state index in [-0.39, 0.29) is 12.1 Å². The Morgan fingerprint density at radius 1 is 1.06 bits per heavy atom. The van der Waals surface area contributed by atoms with E-state index in [1.165, 1.54) is 49.6 Å². The van der Waals surface area contributed by atoms with Gasteiger partial charge < -0.3 is 14.8 Å². The molecule has 168 valence electrons. The van der Waals surface area contributed by atoms with Gasteiger partial charge in [-0.25, -0.2) is 4.79 Å². The van der Waals surface area contributed by atoms with Crippen LogP contribution >= 0.6 is 0 Å². The van der Waals surface area contributed by atoms with Crippen LogP contribution in [-0.2, 0) is 16.1 Å². The number of allylic oxidation sites excluding steroid dienone is 1. The largest absolute Gasteiger partial charge is 0.465 e. The molecule has 1 aliphatic carbocycles. The summed E-state index contributed by atoms with van der Waals surface area (Å²) in [6.07, 6.45) is 10.5. The first-order valence-electron chi connectivity index (χ1n) is 11.8. The molecule has 0 saturated heterocycles. The van der Waals surface area contributed by atoms with Crippen molar-refractivity contribution in [3.63, 3.8) is 0 Å². The SMILES string of the molecule is CCCCC1=CNC2=C(CCCC2)C1OCc1ccc(-c2ccccc2C(=O)OC)cc1. The number of benzene rings is 2. The molecule has 0 amide bonds. The zero-order chi connectivity index (χ0) is 22.3. The van der Waals surface area contributed by atoms with Crippen molar-refractivity contribution in [2.24, 2.45) is 0 Å². The van der Waals surface area contributed by atoms with Crippen molar-refractivity contribution in [3.05, 3.63) is 82.7 Å². The number of rotatable bonds is 8. The van der Waals surface area contributed by atoms with E-state index in [1.54, 1.807) is 6.07 Å². The van der Waals surface area contributed by atoms with Crippen LogP contribution in [0.25, 0.3) is 11.1 Å². The number of dihydropyridines is 1. The predicted octanol–water partition coefficient (Wildman–Crippen LogP) is 6.53. The molecular formula is C28H33NO3. The van der Waals surface area contributed by atoms with Gasteiger partial charge in [-0.2, -0.15) is 0 Å². The summed E-state index contributed by atoms with van der Waals surface area (Å²) in [6, 6.07) is 15.9. The first kappa shape index (κ1) is 22.3.